The fourth-order valence-corrected chi connectivity index (χ4v) is 6.07. The van der Waals surface area contributed by atoms with Gasteiger partial charge >= 0.3 is 6.09 Å². The molecule has 2 heterocycles. The lowest BCUT2D eigenvalue weighted by Gasteiger charge is -2.37. The number of pyridine rings is 1. The summed E-state index contributed by atoms with van der Waals surface area (Å²) in [6.45, 7) is 8.84. The molecular formula is C29H33N3O4S. The van der Waals surface area contributed by atoms with Gasteiger partial charge in [0.05, 0.1) is 21.5 Å². The Morgan fingerprint density at radius 2 is 1.76 bits per heavy atom. The summed E-state index contributed by atoms with van der Waals surface area (Å²) in [6.07, 6.45) is 2.91. The summed E-state index contributed by atoms with van der Waals surface area (Å²) < 4.78 is 33.6. The average molecular weight is 520 g/mol. The first-order chi connectivity index (χ1) is 17.6. The number of aromatic nitrogens is 1. The van der Waals surface area contributed by atoms with E-state index in [0.29, 0.717) is 42.0 Å². The van der Waals surface area contributed by atoms with E-state index in [1.54, 1.807) is 60.5 Å². The molecule has 1 fully saturated rings. The Labute approximate surface area is 219 Å². The summed E-state index contributed by atoms with van der Waals surface area (Å²) in [5.74, 6) is 0. The normalized spacial score (nSPS) is 16.9. The van der Waals surface area contributed by atoms with Gasteiger partial charge in [-0.3, -0.25) is 9.88 Å². The van der Waals surface area contributed by atoms with E-state index in [-0.39, 0.29) is 9.80 Å². The molecule has 4 rings (SSSR count). The highest BCUT2D eigenvalue weighted by atomic mass is 32.2. The van der Waals surface area contributed by atoms with Gasteiger partial charge in [0.1, 0.15) is 5.60 Å². The van der Waals surface area contributed by atoms with Gasteiger partial charge in [-0.15, -0.1) is 0 Å². The SMILES string of the molecule is Cc1ccccc1S(=O)(=O)C(=Cc1cccnc1C1CNCCN1C(=O)OC(C)(C)C)c1ccccc1. The standard InChI is InChI=1S/C29H33N3O4S/c1-21-11-8-9-15-25(21)37(34,35)26(22-12-6-5-7-13-22)19-23-14-10-16-31-27(23)24-20-30-17-18-32(24)28(33)36-29(2,3)4/h5-16,19,24,30H,17-18,20H2,1-4H3. The van der Waals surface area contributed by atoms with Crippen molar-refractivity contribution in [2.24, 2.45) is 0 Å². The van der Waals surface area contributed by atoms with Crippen molar-refractivity contribution in [2.75, 3.05) is 19.6 Å². The zero-order valence-corrected chi connectivity index (χ0v) is 22.5. The third kappa shape index (κ3) is 6.09. The number of carbonyl (C=O) groups is 1. The van der Waals surface area contributed by atoms with Crippen LogP contribution in [0, 0.1) is 6.92 Å². The minimum Gasteiger partial charge on any atom is -0.444 e. The molecule has 3 aromatic rings. The van der Waals surface area contributed by atoms with Crippen LogP contribution in [0.5, 0.6) is 0 Å². The smallest absolute Gasteiger partial charge is 0.410 e. The van der Waals surface area contributed by atoms with Crippen LogP contribution in [0.3, 0.4) is 0 Å². The van der Waals surface area contributed by atoms with Crippen LogP contribution in [0.25, 0.3) is 11.0 Å². The number of hydrogen-bond acceptors (Lipinski definition) is 6. The van der Waals surface area contributed by atoms with E-state index < -0.39 is 27.6 Å². The Morgan fingerprint density at radius 3 is 2.46 bits per heavy atom. The quantitative estimate of drug-likeness (QED) is 0.496. The van der Waals surface area contributed by atoms with E-state index in [2.05, 4.69) is 10.3 Å². The molecule has 194 valence electrons. The van der Waals surface area contributed by atoms with Crippen LogP contribution in [0.4, 0.5) is 4.79 Å². The lowest BCUT2D eigenvalue weighted by Crippen LogP contribution is -2.50. The minimum absolute atomic E-state index is 0.171. The van der Waals surface area contributed by atoms with Crippen LogP contribution < -0.4 is 5.32 Å². The van der Waals surface area contributed by atoms with E-state index in [1.807, 2.05) is 51.1 Å². The zero-order valence-electron chi connectivity index (χ0n) is 21.6. The maximum Gasteiger partial charge on any atom is 0.410 e. The molecule has 1 saturated heterocycles. The summed E-state index contributed by atoms with van der Waals surface area (Å²) in [5, 5.41) is 3.33. The highest BCUT2D eigenvalue weighted by Gasteiger charge is 2.34. The zero-order chi connectivity index (χ0) is 26.6. The van der Waals surface area contributed by atoms with Crippen LogP contribution in [0.1, 0.15) is 49.2 Å². The van der Waals surface area contributed by atoms with Gasteiger partial charge in [0.15, 0.2) is 0 Å². The van der Waals surface area contributed by atoms with Gasteiger partial charge in [-0.25, -0.2) is 13.2 Å². The second kappa shape index (κ2) is 10.9. The number of nitrogens with zero attached hydrogens (tertiary/aromatic N) is 2. The number of carbonyl (C=O) groups excluding carboxylic acids is 1. The van der Waals surface area contributed by atoms with Crippen LogP contribution in [0.15, 0.2) is 77.8 Å². The van der Waals surface area contributed by atoms with Crippen LogP contribution in [-0.4, -0.2) is 49.6 Å². The Hall–Kier alpha value is -3.49. The molecule has 8 heteroatoms. The summed E-state index contributed by atoms with van der Waals surface area (Å²) >= 11 is 0. The molecule has 0 saturated carbocycles. The Bertz CT molecular complexity index is 1400. The maximum atomic E-state index is 14.0. The van der Waals surface area contributed by atoms with E-state index in [1.165, 1.54) is 0 Å². The van der Waals surface area contributed by atoms with Crippen LogP contribution in [-0.2, 0) is 14.6 Å². The van der Waals surface area contributed by atoms with Crippen molar-refractivity contribution in [3.05, 3.63) is 95.3 Å². The van der Waals surface area contributed by atoms with Crippen LogP contribution in [0.2, 0.25) is 0 Å². The molecule has 37 heavy (non-hydrogen) atoms. The predicted molar refractivity (Wildman–Crippen MR) is 145 cm³/mol. The lowest BCUT2D eigenvalue weighted by atomic mass is 10.0. The first kappa shape index (κ1) is 26.6. The van der Waals surface area contributed by atoms with Crippen molar-refractivity contribution in [3.63, 3.8) is 0 Å². The molecule has 1 aliphatic heterocycles. The lowest BCUT2D eigenvalue weighted by molar-refractivity contribution is 0.0113. The van der Waals surface area contributed by atoms with Gasteiger partial charge in [-0.05, 0) is 62.6 Å². The molecular weight excluding hydrogens is 486 g/mol. The summed E-state index contributed by atoms with van der Waals surface area (Å²) in [7, 11) is -3.87. The first-order valence-corrected chi connectivity index (χ1v) is 13.8. The van der Waals surface area contributed by atoms with E-state index in [4.69, 9.17) is 4.74 Å². The topological polar surface area (TPSA) is 88.6 Å². The number of hydrogen-bond donors (Lipinski definition) is 1. The van der Waals surface area contributed by atoms with Crippen molar-refractivity contribution in [1.82, 2.24) is 15.2 Å². The number of rotatable bonds is 5. The second-order valence-electron chi connectivity index (χ2n) is 10.0. The number of nitrogens with one attached hydrogen (secondary N) is 1. The molecule has 0 radical (unpaired) electrons. The third-order valence-corrected chi connectivity index (χ3v) is 8.05. The molecule has 0 spiro atoms. The highest BCUT2D eigenvalue weighted by molar-refractivity contribution is 8.01. The molecule has 1 aliphatic rings. The number of aryl methyl sites for hydroxylation is 1. The largest absolute Gasteiger partial charge is 0.444 e. The minimum atomic E-state index is -3.87. The van der Waals surface area contributed by atoms with Gasteiger partial charge in [-0.2, -0.15) is 0 Å². The maximum absolute atomic E-state index is 14.0. The first-order valence-electron chi connectivity index (χ1n) is 12.3. The molecule has 0 aliphatic carbocycles. The monoisotopic (exact) mass is 519 g/mol. The highest BCUT2D eigenvalue weighted by Crippen LogP contribution is 2.34. The summed E-state index contributed by atoms with van der Waals surface area (Å²) in [5.41, 5.74) is 1.84. The Morgan fingerprint density at radius 1 is 1.05 bits per heavy atom. The van der Waals surface area contributed by atoms with Gasteiger partial charge in [-0.1, -0.05) is 54.6 Å². The van der Waals surface area contributed by atoms with Gasteiger partial charge in [0.2, 0.25) is 9.84 Å². The van der Waals surface area contributed by atoms with Crippen molar-refractivity contribution in [2.45, 2.75) is 44.2 Å². The molecule has 1 unspecified atom stereocenters. The second-order valence-corrected chi connectivity index (χ2v) is 11.9. The fourth-order valence-electron chi connectivity index (χ4n) is 4.35. The van der Waals surface area contributed by atoms with E-state index in [0.717, 1.165) is 0 Å². The van der Waals surface area contributed by atoms with E-state index in [9.17, 15) is 13.2 Å². The molecule has 0 bridgehead atoms. The third-order valence-electron chi connectivity index (χ3n) is 6.08. The predicted octanol–water partition coefficient (Wildman–Crippen LogP) is 5.24. The van der Waals surface area contributed by atoms with Crippen molar-refractivity contribution in [3.8, 4) is 0 Å². The molecule has 1 atom stereocenters. The molecule has 2 aromatic carbocycles. The van der Waals surface area contributed by atoms with Gasteiger partial charge in [0.25, 0.3) is 0 Å². The number of amides is 1. The molecule has 7 nitrogen and oxygen atoms in total. The van der Waals surface area contributed by atoms with Gasteiger partial charge in [0, 0.05) is 25.8 Å². The average Bonchev–Trinajstić information content (AvgIpc) is 2.87. The fraction of sp³-hybridized carbons (Fsp3) is 0.310. The van der Waals surface area contributed by atoms with Crippen molar-refractivity contribution < 1.29 is 17.9 Å². The molecule has 1 aromatic heterocycles. The number of benzene rings is 2. The number of piperazine rings is 1. The van der Waals surface area contributed by atoms with E-state index >= 15 is 0 Å². The number of ether oxygens (including phenoxy) is 1. The molecule has 1 N–H and O–H groups in total. The Balaban J connectivity index is 1.85. The summed E-state index contributed by atoms with van der Waals surface area (Å²) in [4.78, 5) is 19.8. The van der Waals surface area contributed by atoms with Crippen molar-refractivity contribution >= 4 is 26.9 Å². The summed E-state index contributed by atoms with van der Waals surface area (Å²) in [6, 6.07) is 19.2. The molecule has 1 amide bonds. The van der Waals surface area contributed by atoms with Crippen LogP contribution >= 0.6 is 0 Å². The van der Waals surface area contributed by atoms with Gasteiger partial charge < -0.3 is 10.1 Å². The Kier molecular flexibility index (Phi) is 7.80. The van der Waals surface area contributed by atoms with Crippen molar-refractivity contribution in [1.29, 1.82) is 0 Å². The number of sulfone groups is 1.